The van der Waals surface area contributed by atoms with Gasteiger partial charge >= 0.3 is 0 Å². The highest BCUT2D eigenvalue weighted by Crippen LogP contribution is 2.22. The number of piperidine rings is 1. The number of rotatable bonds is 3. The first kappa shape index (κ1) is 13.3. The van der Waals surface area contributed by atoms with Gasteiger partial charge in [-0.25, -0.2) is 0 Å². The summed E-state index contributed by atoms with van der Waals surface area (Å²) in [5.41, 5.74) is 2.00. The molecule has 1 saturated heterocycles. The Balaban J connectivity index is 1.99. The van der Waals surface area contributed by atoms with E-state index >= 15 is 0 Å². The minimum Gasteiger partial charge on any atom is -0.293 e. The standard InChI is InChI=1S/C16H23NO/c1-12-5-4-6-15(10-12)16(18)11-17-8-7-13(2)9-14(17)3/h4-6,10,13-14H,7-9,11H2,1-3H3. The summed E-state index contributed by atoms with van der Waals surface area (Å²) in [6.45, 7) is 8.19. The van der Waals surface area contributed by atoms with Crippen molar-refractivity contribution in [2.45, 2.75) is 39.7 Å². The molecule has 1 fully saturated rings. The summed E-state index contributed by atoms with van der Waals surface area (Å²) in [7, 11) is 0. The summed E-state index contributed by atoms with van der Waals surface area (Å²) in [5.74, 6) is 1.05. The van der Waals surface area contributed by atoms with E-state index in [0.29, 0.717) is 12.6 Å². The Morgan fingerprint density at radius 1 is 1.39 bits per heavy atom. The van der Waals surface area contributed by atoms with Crippen LogP contribution in [-0.2, 0) is 0 Å². The zero-order chi connectivity index (χ0) is 13.1. The van der Waals surface area contributed by atoms with E-state index in [-0.39, 0.29) is 5.78 Å². The number of Topliss-reactive ketones (excluding diaryl/α,β-unsaturated/α-hetero) is 1. The first-order chi connectivity index (χ1) is 8.56. The lowest BCUT2D eigenvalue weighted by Crippen LogP contribution is -2.43. The van der Waals surface area contributed by atoms with Gasteiger partial charge < -0.3 is 0 Å². The topological polar surface area (TPSA) is 20.3 Å². The molecule has 2 unspecified atom stereocenters. The average Bonchev–Trinajstić information content (AvgIpc) is 2.32. The summed E-state index contributed by atoms with van der Waals surface area (Å²) >= 11 is 0. The molecule has 98 valence electrons. The van der Waals surface area contributed by atoms with Crippen molar-refractivity contribution >= 4 is 5.78 Å². The van der Waals surface area contributed by atoms with Gasteiger partial charge in [-0.15, -0.1) is 0 Å². The van der Waals surface area contributed by atoms with Gasteiger partial charge in [-0.05, 0) is 45.2 Å². The van der Waals surface area contributed by atoms with E-state index < -0.39 is 0 Å². The molecule has 0 spiro atoms. The van der Waals surface area contributed by atoms with Crippen LogP contribution in [0.2, 0.25) is 0 Å². The van der Waals surface area contributed by atoms with Gasteiger partial charge in [0.15, 0.2) is 5.78 Å². The smallest absolute Gasteiger partial charge is 0.176 e. The molecule has 0 radical (unpaired) electrons. The molecular formula is C16H23NO. The fourth-order valence-electron chi connectivity index (χ4n) is 2.78. The lowest BCUT2D eigenvalue weighted by atomic mass is 9.93. The number of hydrogen-bond acceptors (Lipinski definition) is 2. The molecule has 0 aromatic heterocycles. The Morgan fingerprint density at radius 2 is 2.17 bits per heavy atom. The number of carbonyl (C=O) groups is 1. The second kappa shape index (κ2) is 5.66. The predicted molar refractivity (Wildman–Crippen MR) is 74.9 cm³/mol. The first-order valence-corrected chi connectivity index (χ1v) is 6.90. The normalized spacial score (nSPS) is 25.1. The largest absolute Gasteiger partial charge is 0.293 e. The number of likely N-dealkylation sites (tertiary alicyclic amines) is 1. The van der Waals surface area contributed by atoms with Crippen LogP contribution in [-0.4, -0.2) is 29.8 Å². The maximum Gasteiger partial charge on any atom is 0.176 e. The molecule has 0 amide bonds. The second-order valence-corrected chi connectivity index (χ2v) is 5.74. The summed E-state index contributed by atoms with van der Waals surface area (Å²) < 4.78 is 0. The average molecular weight is 245 g/mol. The quantitative estimate of drug-likeness (QED) is 0.762. The van der Waals surface area contributed by atoms with E-state index in [4.69, 9.17) is 0 Å². The van der Waals surface area contributed by atoms with Crippen LogP contribution >= 0.6 is 0 Å². The number of nitrogens with zero attached hydrogens (tertiary/aromatic N) is 1. The molecule has 0 N–H and O–H groups in total. The van der Waals surface area contributed by atoms with Gasteiger partial charge in [0.1, 0.15) is 0 Å². The van der Waals surface area contributed by atoms with Gasteiger partial charge in [-0.2, -0.15) is 0 Å². The zero-order valence-electron chi connectivity index (χ0n) is 11.6. The monoisotopic (exact) mass is 245 g/mol. The molecule has 2 atom stereocenters. The summed E-state index contributed by atoms with van der Waals surface area (Å²) in [6, 6.07) is 8.43. The van der Waals surface area contributed by atoms with Crippen molar-refractivity contribution < 1.29 is 4.79 Å². The molecule has 0 saturated carbocycles. The second-order valence-electron chi connectivity index (χ2n) is 5.74. The van der Waals surface area contributed by atoms with Crippen LogP contribution in [0.25, 0.3) is 0 Å². The molecule has 18 heavy (non-hydrogen) atoms. The van der Waals surface area contributed by atoms with Crippen LogP contribution in [0.3, 0.4) is 0 Å². The summed E-state index contributed by atoms with van der Waals surface area (Å²) in [5, 5.41) is 0. The van der Waals surface area contributed by atoms with Crippen LogP contribution in [0.15, 0.2) is 24.3 Å². The van der Waals surface area contributed by atoms with E-state index in [2.05, 4.69) is 18.7 Å². The van der Waals surface area contributed by atoms with Crippen LogP contribution in [0.1, 0.15) is 42.6 Å². The number of carbonyl (C=O) groups excluding carboxylic acids is 1. The minimum absolute atomic E-state index is 0.250. The third kappa shape index (κ3) is 3.20. The molecule has 2 heteroatoms. The van der Waals surface area contributed by atoms with E-state index in [1.54, 1.807) is 0 Å². The Labute approximate surface area is 110 Å². The van der Waals surface area contributed by atoms with Gasteiger partial charge in [0.25, 0.3) is 0 Å². The molecular weight excluding hydrogens is 222 g/mol. The molecule has 1 aliphatic rings. The van der Waals surface area contributed by atoms with Gasteiger partial charge in [0.2, 0.25) is 0 Å². The molecule has 0 aliphatic carbocycles. The number of benzene rings is 1. The van der Waals surface area contributed by atoms with E-state index in [1.165, 1.54) is 12.8 Å². The Hall–Kier alpha value is -1.15. The highest BCUT2D eigenvalue weighted by molar-refractivity contribution is 5.97. The lowest BCUT2D eigenvalue weighted by molar-refractivity contribution is 0.0816. The van der Waals surface area contributed by atoms with Crippen molar-refractivity contribution in [2.75, 3.05) is 13.1 Å². The lowest BCUT2D eigenvalue weighted by Gasteiger charge is -2.35. The van der Waals surface area contributed by atoms with Gasteiger partial charge in [0, 0.05) is 11.6 Å². The summed E-state index contributed by atoms with van der Waals surface area (Å²) in [6.07, 6.45) is 2.42. The number of aryl methyl sites for hydroxylation is 1. The van der Waals surface area contributed by atoms with Crippen LogP contribution in [0.4, 0.5) is 0 Å². The van der Waals surface area contributed by atoms with Crippen LogP contribution < -0.4 is 0 Å². The Kier molecular flexibility index (Phi) is 4.18. The highest BCUT2D eigenvalue weighted by atomic mass is 16.1. The number of ketones is 1. The fraction of sp³-hybridized carbons (Fsp3) is 0.562. The summed E-state index contributed by atoms with van der Waals surface area (Å²) in [4.78, 5) is 14.6. The fourth-order valence-corrected chi connectivity index (χ4v) is 2.78. The van der Waals surface area contributed by atoms with Crippen molar-refractivity contribution in [3.05, 3.63) is 35.4 Å². The van der Waals surface area contributed by atoms with Crippen molar-refractivity contribution in [1.29, 1.82) is 0 Å². The molecule has 1 heterocycles. The third-order valence-corrected chi connectivity index (χ3v) is 3.96. The molecule has 1 aromatic rings. The molecule has 2 rings (SSSR count). The molecule has 0 bridgehead atoms. The van der Waals surface area contributed by atoms with Gasteiger partial charge in [-0.1, -0.05) is 30.7 Å². The van der Waals surface area contributed by atoms with Gasteiger partial charge in [-0.3, -0.25) is 9.69 Å². The first-order valence-electron chi connectivity index (χ1n) is 6.90. The third-order valence-electron chi connectivity index (χ3n) is 3.96. The molecule has 2 nitrogen and oxygen atoms in total. The Morgan fingerprint density at radius 3 is 2.83 bits per heavy atom. The minimum atomic E-state index is 0.250. The SMILES string of the molecule is Cc1cccc(C(=O)CN2CCC(C)CC2C)c1. The van der Waals surface area contributed by atoms with Crippen molar-refractivity contribution in [2.24, 2.45) is 5.92 Å². The molecule has 1 aromatic carbocycles. The zero-order valence-corrected chi connectivity index (χ0v) is 11.6. The number of hydrogen-bond donors (Lipinski definition) is 0. The van der Waals surface area contributed by atoms with Crippen molar-refractivity contribution in [1.82, 2.24) is 4.90 Å². The maximum atomic E-state index is 12.3. The maximum absolute atomic E-state index is 12.3. The van der Waals surface area contributed by atoms with Crippen molar-refractivity contribution in [3.8, 4) is 0 Å². The van der Waals surface area contributed by atoms with E-state index in [9.17, 15) is 4.79 Å². The van der Waals surface area contributed by atoms with Crippen LogP contribution in [0, 0.1) is 12.8 Å². The van der Waals surface area contributed by atoms with Crippen molar-refractivity contribution in [3.63, 3.8) is 0 Å². The highest BCUT2D eigenvalue weighted by Gasteiger charge is 2.24. The Bertz CT molecular complexity index is 427. The van der Waals surface area contributed by atoms with Gasteiger partial charge in [0.05, 0.1) is 6.54 Å². The molecule has 1 aliphatic heterocycles. The van der Waals surface area contributed by atoms with E-state index in [0.717, 1.165) is 23.6 Å². The van der Waals surface area contributed by atoms with Crippen LogP contribution in [0.5, 0.6) is 0 Å². The predicted octanol–water partition coefficient (Wildman–Crippen LogP) is 3.30. The van der Waals surface area contributed by atoms with E-state index in [1.807, 2.05) is 31.2 Å².